The highest BCUT2D eigenvalue weighted by molar-refractivity contribution is 14.0. The Bertz CT molecular complexity index is 632. The fourth-order valence-corrected chi connectivity index (χ4v) is 3.13. The molecule has 2 rings (SSSR count). The first-order chi connectivity index (χ1) is 13.1. The van der Waals surface area contributed by atoms with Crippen LogP contribution in [0.2, 0.25) is 0 Å². The van der Waals surface area contributed by atoms with Crippen LogP contribution < -0.4 is 10.6 Å². The van der Waals surface area contributed by atoms with Crippen molar-refractivity contribution in [3.63, 3.8) is 0 Å². The minimum absolute atomic E-state index is 0. The van der Waals surface area contributed by atoms with Gasteiger partial charge in [0.15, 0.2) is 5.96 Å². The summed E-state index contributed by atoms with van der Waals surface area (Å²) < 4.78 is 5.10. The van der Waals surface area contributed by atoms with E-state index in [1.165, 1.54) is 5.56 Å². The van der Waals surface area contributed by atoms with Crippen LogP contribution in [0.4, 0.5) is 0 Å². The molecule has 0 radical (unpaired) electrons. The van der Waals surface area contributed by atoms with E-state index in [2.05, 4.69) is 20.5 Å². The van der Waals surface area contributed by atoms with Crippen molar-refractivity contribution in [1.29, 1.82) is 0 Å². The largest absolute Gasteiger partial charge is 0.466 e. The lowest BCUT2D eigenvalue weighted by Gasteiger charge is -2.33. The maximum Gasteiger partial charge on any atom is 0.309 e. The predicted molar refractivity (Wildman–Crippen MR) is 121 cm³/mol. The van der Waals surface area contributed by atoms with Gasteiger partial charge < -0.3 is 20.3 Å². The van der Waals surface area contributed by atoms with Gasteiger partial charge in [0, 0.05) is 26.7 Å². The van der Waals surface area contributed by atoms with Gasteiger partial charge in [-0.2, -0.15) is 0 Å². The van der Waals surface area contributed by atoms with Gasteiger partial charge in [-0.1, -0.05) is 30.3 Å². The van der Waals surface area contributed by atoms with E-state index in [9.17, 15) is 9.59 Å². The molecule has 0 unspecified atom stereocenters. The number of hydrogen-bond donors (Lipinski definition) is 2. The summed E-state index contributed by atoms with van der Waals surface area (Å²) in [5.74, 6) is 0.475. The molecule has 1 aliphatic heterocycles. The molecule has 1 saturated heterocycles. The third kappa shape index (κ3) is 8.04. The highest BCUT2D eigenvalue weighted by atomic mass is 127. The Balaban J connectivity index is 0.00000392. The Kier molecular flexibility index (Phi) is 11.5. The lowest BCUT2D eigenvalue weighted by molar-refractivity contribution is -0.149. The number of amides is 1. The van der Waals surface area contributed by atoms with Crippen molar-refractivity contribution in [2.24, 2.45) is 10.9 Å². The number of piperidine rings is 1. The summed E-state index contributed by atoms with van der Waals surface area (Å²) in [7, 11) is 1.70. The van der Waals surface area contributed by atoms with Crippen LogP contribution in [0.15, 0.2) is 35.3 Å². The molecule has 2 N–H and O–H groups in total. The van der Waals surface area contributed by atoms with E-state index < -0.39 is 0 Å². The van der Waals surface area contributed by atoms with E-state index in [1.54, 1.807) is 7.05 Å². The molecule has 1 aliphatic rings. The third-order valence-electron chi connectivity index (χ3n) is 4.61. The number of hydrogen-bond acceptors (Lipinski definition) is 4. The van der Waals surface area contributed by atoms with Crippen LogP contribution >= 0.6 is 24.0 Å². The van der Waals surface area contributed by atoms with E-state index in [0.29, 0.717) is 19.1 Å². The zero-order valence-electron chi connectivity index (χ0n) is 16.6. The third-order valence-corrected chi connectivity index (χ3v) is 4.61. The van der Waals surface area contributed by atoms with Crippen molar-refractivity contribution in [2.75, 3.05) is 39.8 Å². The molecule has 1 aromatic carbocycles. The average molecular weight is 502 g/mol. The van der Waals surface area contributed by atoms with Crippen molar-refractivity contribution >= 4 is 41.8 Å². The van der Waals surface area contributed by atoms with Crippen molar-refractivity contribution in [2.45, 2.75) is 26.2 Å². The van der Waals surface area contributed by atoms with Gasteiger partial charge in [-0.05, 0) is 31.7 Å². The van der Waals surface area contributed by atoms with E-state index in [0.717, 1.165) is 32.4 Å². The lowest BCUT2D eigenvalue weighted by Crippen LogP contribution is -2.49. The highest BCUT2D eigenvalue weighted by Gasteiger charge is 2.27. The number of halogens is 1. The maximum atomic E-state index is 12.0. The van der Waals surface area contributed by atoms with Gasteiger partial charge >= 0.3 is 5.97 Å². The first-order valence-electron chi connectivity index (χ1n) is 9.57. The molecule has 156 valence electrons. The van der Waals surface area contributed by atoms with Gasteiger partial charge in [-0.15, -0.1) is 24.0 Å². The average Bonchev–Trinajstić information content (AvgIpc) is 2.70. The van der Waals surface area contributed by atoms with Crippen LogP contribution in [0.1, 0.15) is 25.3 Å². The minimum atomic E-state index is -0.113. The Morgan fingerprint density at radius 3 is 2.46 bits per heavy atom. The second-order valence-corrected chi connectivity index (χ2v) is 6.50. The number of ether oxygens (including phenoxy) is 1. The second-order valence-electron chi connectivity index (χ2n) is 6.50. The van der Waals surface area contributed by atoms with E-state index in [4.69, 9.17) is 4.74 Å². The van der Waals surface area contributed by atoms with Gasteiger partial charge in [0.25, 0.3) is 0 Å². The van der Waals surface area contributed by atoms with Crippen molar-refractivity contribution < 1.29 is 14.3 Å². The fraction of sp³-hybridized carbons (Fsp3) is 0.550. The number of guanidine groups is 1. The summed E-state index contributed by atoms with van der Waals surface area (Å²) in [6.45, 7) is 4.47. The Morgan fingerprint density at radius 2 is 1.86 bits per heavy atom. The molecule has 0 spiro atoms. The molecule has 1 heterocycles. The monoisotopic (exact) mass is 502 g/mol. The Labute approximate surface area is 184 Å². The zero-order chi connectivity index (χ0) is 19.5. The number of aliphatic imine (C=N–C) groups is 1. The van der Waals surface area contributed by atoms with E-state index in [1.807, 2.05) is 37.3 Å². The summed E-state index contributed by atoms with van der Waals surface area (Å²) in [5.41, 5.74) is 1.20. The van der Waals surface area contributed by atoms with Crippen molar-refractivity contribution in [3.05, 3.63) is 35.9 Å². The first kappa shape index (κ1) is 24.2. The minimum Gasteiger partial charge on any atom is -0.466 e. The van der Waals surface area contributed by atoms with Crippen LogP contribution in [-0.2, 0) is 20.7 Å². The summed E-state index contributed by atoms with van der Waals surface area (Å²) in [4.78, 5) is 30.2. The van der Waals surface area contributed by atoms with Gasteiger partial charge in [0.1, 0.15) is 0 Å². The number of carbonyl (C=O) groups is 2. The molecule has 8 heteroatoms. The fourth-order valence-electron chi connectivity index (χ4n) is 3.13. The van der Waals surface area contributed by atoms with Gasteiger partial charge in [-0.3, -0.25) is 14.6 Å². The normalized spacial score (nSPS) is 14.8. The molecule has 7 nitrogen and oxygen atoms in total. The van der Waals surface area contributed by atoms with Crippen LogP contribution in [0.3, 0.4) is 0 Å². The van der Waals surface area contributed by atoms with Gasteiger partial charge in [-0.25, -0.2) is 0 Å². The van der Waals surface area contributed by atoms with Gasteiger partial charge in [0.05, 0.1) is 19.1 Å². The number of rotatable bonds is 7. The zero-order valence-corrected chi connectivity index (χ0v) is 19.0. The van der Waals surface area contributed by atoms with Crippen LogP contribution in [0, 0.1) is 5.92 Å². The van der Waals surface area contributed by atoms with Crippen molar-refractivity contribution in [1.82, 2.24) is 15.5 Å². The molecule has 1 fully saturated rings. The molecular weight excluding hydrogens is 471 g/mol. The van der Waals surface area contributed by atoms with Gasteiger partial charge in [0.2, 0.25) is 5.91 Å². The number of carbonyl (C=O) groups excluding carboxylic acids is 2. The molecule has 0 bridgehead atoms. The topological polar surface area (TPSA) is 83.0 Å². The number of esters is 1. The first-order valence-corrected chi connectivity index (χ1v) is 9.57. The Hall–Kier alpha value is -1.84. The molecule has 1 amide bonds. The summed E-state index contributed by atoms with van der Waals surface area (Å²) >= 11 is 0. The molecule has 0 aromatic heterocycles. The molecule has 0 saturated carbocycles. The standard InChI is InChI=1S/C20H30N4O3.HI/c1-3-27-19(26)17-10-13-24(14-11-17)20(21-2)23-15-18(25)22-12-9-16-7-5-4-6-8-16;/h4-8,17H,3,9-15H2,1-2H3,(H,21,23)(H,22,25);1H. The second kappa shape index (κ2) is 13.4. The molecule has 1 aromatic rings. The lowest BCUT2D eigenvalue weighted by atomic mass is 9.97. The molecular formula is C20H31IN4O3. The predicted octanol–water partition coefficient (Wildman–Crippen LogP) is 1.81. The number of nitrogens with zero attached hydrogens (tertiary/aromatic N) is 2. The quantitative estimate of drug-likeness (QED) is 0.257. The van der Waals surface area contributed by atoms with E-state index in [-0.39, 0.29) is 48.3 Å². The van der Waals surface area contributed by atoms with Crippen molar-refractivity contribution in [3.8, 4) is 0 Å². The number of benzene rings is 1. The smallest absolute Gasteiger partial charge is 0.309 e. The summed E-state index contributed by atoms with van der Waals surface area (Å²) in [6, 6.07) is 10.1. The SMILES string of the molecule is CCOC(=O)C1CCN(C(=NC)NCC(=O)NCCc2ccccc2)CC1.I. The Morgan fingerprint density at radius 1 is 1.18 bits per heavy atom. The summed E-state index contributed by atoms with van der Waals surface area (Å²) in [5, 5.41) is 6.02. The molecule has 28 heavy (non-hydrogen) atoms. The van der Waals surface area contributed by atoms with Crippen LogP contribution in [-0.4, -0.2) is 62.6 Å². The maximum absolute atomic E-state index is 12.0. The molecule has 0 aliphatic carbocycles. The number of likely N-dealkylation sites (tertiary alicyclic amines) is 1. The van der Waals surface area contributed by atoms with Crippen LogP contribution in [0.5, 0.6) is 0 Å². The highest BCUT2D eigenvalue weighted by Crippen LogP contribution is 2.18. The van der Waals surface area contributed by atoms with Crippen LogP contribution in [0.25, 0.3) is 0 Å². The summed E-state index contributed by atoms with van der Waals surface area (Å²) in [6.07, 6.45) is 2.29. The number of nitrogens with one attached hydrogen (secondary N) is 2. The van der Waals surface area contributed by atoms with E-state index >= 15 is 0 Å². The molecule has 0 atom stereocenters.